The lowest BCUT2D eigenvalue weighted by molar-refractivity contribution is -0.146. The lowest BCUT2D eigenvalue weighted by Gasteiger charge is -2.38. The Balaban J connectivity index is 2.11. The number of thiazole rings is 1. The van der Waals surface area contributed by atoms with Gasteiger partial charge in [0.25, 0.3) is 0 Å². The maximum absolute atomic E-state index is 11.3. The molecule has 1 aromatic rings. The molecule has 0 aliphatic heterocycles. The monoisotopic (exact) mass is 253 g/mol. The van der Waals surface area contributed by atoms with E-state index in [-0.39, 0.29) is 17.3 Å². The van der Waals surface area contributed by atoms with Crippen molar-refractivity contribution in [3.05, 3.63) is 16.6 Å². The topological polar surface area (TPSA) is 50.2 Å². The maximum atomic E-state index is 11.3. The van der Waals surface area contributed by atoms with Gasteiger partial charge in [-0.3, -0.25) is 9.78 Å². The van der Waals surface area contributed by atoms with Gasteiger partial charge in [0.05, 0.1) is 11.4 Å². The van der Waals surface area contributed by atoms with Crippen LogP contribution in [0.2, 0.25) is 0 Å². The fourth-order valence-electron chi connectivity index (χ4n) is 2.88. The van der Waals surface area contributed by atoms with Gasteiger partial charge in [0.1, 0.15) is 0 Å². The molecule has 1 aliphatic carbocycles. The molecule has 0 saturated heterocycles. The third kappa shape index (κ3) is 3.06. The Morgan fingerprint density at radius 2 is 2.41 bits per heavy atom. The second kappa shape index (κ2) is 4.77. The van der Waals surface area contributed by atoms with Crippen molar-refractivity contribution in [3.63, 3.8) is 0 Å². The van der Waals surface area contributed by atoms with Crippen LogP contribution in [-0.2, 0) is 11.2 Å². The number of carbonyl (C=O) groups is 1. The average molecular weight is 253 g/mol. The van der Waals surface area contributed by atoms with Crippen molar-refractivity contribution < 1.29 is 9.90 Å². The summed E-state index contributed by atoms with van der Waals surface area (Å²) in [5.74, 6) is -0.545. The average Bonchev–Trinajstić information content (AvgIpc) is 2.68. The number of nitrogens with zero attached hydrogens (tertiary/aromatic N) is 1. The number of hydrogen-bond acceptors (Lipinski definition) is 3. The van der Waals surface area contributed by atoms with E-state index in [1.54, 1.807) is 11.3 Å². The van der Waals surface area contributed by atoms with E-state index in [2.05, 4.69) is 18.8 Å². The predicted molar refractivity (Wildman–Crippen MR) is 68.1 cm³/mol. The predicted octanol–water partition coefficient (Wildman–Crippen LogP) is 3.21. The second-order valence-electron chi connectivity index (χ2n) is 5.78. The quantitative estimate of drug-likeness (QED) is 0.900. The highest BCUT2D eigenvalue weighted by Gasteiger charge is 2.38. The van der Waals surface area contributed by atoms with Gasteiger partial charge in [0.15, 0.2) is 0 Å². The zero-order valence-corrected chi connectivity index (χ0v) is 11.2. The van der Waals surface area contributed by atoms with Crippen molar-refractivity contribution in [2.24, 2.45) is 17.3 Å². The largest absolute Gasteiger partial charge is 0.481 e. The van der Waals surface area contributed by atoms with Crippen LogP contribution in [0.5, 0.6) is 0 Å². The Morgan fingerprint density at radius 3 is 3.00 bits per heavy atom. The first-order chi connectivity index (χ1) is 7.98. The molecular formula is C13H19NO2S. The van der Waals surface area contributed by atoms with Gasteiger partial charge in [0.2, 0.25) is 0 Å². The minimum absolute atomic E-state index is 0.176. The first-order valence-corrected chi connectivity index (χ1v) is 6.96. The fourth-order valence-corrected chi connectivity index (χ4v) is 3.57. The summed E-state index contributed by atoms with van der Waals surface area (Å²) >= 11 is 1.63. The minimum atomic E-state index is -0.630. The summed E-state index contributed by atoms with van der Waals surface area (Å²) in [7, 11) is 0. The zero-order chi connectivity index (χ0) is 12.5. The maximum Gasteiger partial charge on any atom is 0.306 e. The molecule has 1 fully saturated rings. The molecule has 2 unspecified atom stereocenters. The first-order valence-electron chi connectivity index (χ1n) is 6.08. The van der Waals surface area contributed by atoms with E-state index in [1.165, 1.54) is 4.88 Å². The summed E-state index contributed by atoms with van der Waals surface area (Å²) < 4.78 is 0. The summed E-state index contributed by atoms with van der Waals surface area (Å²) in [6, 6.07) is 0. The lowest BCUT2D eigenvalue weighted by atomic mass is 9.66. The SMILES string of the molecule is CC1(C)CCC(C(=O)O)C(Cc2cncs2)C1. The molecular weight excluding hydrogens is 234 g/mol. The molecule has 1 saturated carbocycles. The van der Waals surface area contributed by atoms with Crippen molar-refractivity contribution >= 4 is 17.3 Å². The number of aromatic nitrogens is 1. The molecule has 1 aliphatic rings. The molecule has 0 bridgehead atoms. The van der Waals surface area contributed by atoms with Crippen LogP contribution in [0.15, 0.2) is 11.7 Å². The Labute approximate surface area is 106 Å². The number of rotatable bonds is 3. The van der Waals surface area contributed by atoms with Gasteiger partial charge in [-0.1, -0.05) is 13.8 Å². The summed E-state index contributed by atoms with van der Waals surface area (Å²) in [4.78, 5) is 16.6. The van der Waals surface area contributed by atoms with Crippen molar-refractivity contribution in [3.8, 4) is 0 Å². The molecule has 0 amide bonds. The van der Waals surface area contributed by atoms with Crippen LogP contribution in [0, 0.1) is 17.3 Å². The third-order valence-corrected chi connectivity index (χ3v) is 4.58. The minimum Gasteiger partial charge on any atom is -0.481 e. The normalized spacial score (nSPS) is 27.9. The second-order valence-corrected chi connectivity index (χ2v) is 6.75. The molecule has 17 heavy (non-hydrogen) atoms. The summed E-state index contributed by atoms with van der Waals surface area (Å²) in [6.07, 6.45) is 5.56. The van der Waals surface area contributed by atoms with Crippen LogP contribution >= 0.6 is 11.3 Å². The molecule has 1 heterocycles. The molecule has 0 spiro atoms. The summed E-state index contributed by atoms with van der Waals surface area (Å²) in [5.41, 5.74) is 2.10. The van der Waals surface area contributed by atoms with Crippen LogP contribution in [0.1, 0.15) is 38.0 Å². The number of carboxylic acids is 1. The van der Waals surface area contributed by atoms with E-state index in [0.717, 1.165) is 25.7 Å². The molecule has 0 radical (unpaired) electrons. The number of carboxylic acid groups (broad SMARTS) is 1. The molecule has 3 nitrogen and oxygen atoms in total. The zero-order valence-electron chi connectivity index (χ0n) is 10.3. The van der Waals surface area contributed by atoms with Crippen molar-refractivity contribution in [1.29, 1.82) is 0 Å². The van der Waals surface area contributed by atoms with Gasteiger partial charge in [0, 0.05) is 11.1 Å². The van der Waals surface area contributed by atoms with E-state index >= 15 is 0 Å². The van der Waals surface area contributed by atoms with E-state index in [0.29, 0.717) is 0 Å². The Kier molecular flexibility index (Phi) is 3.52. The molecule has 2 atom stereocenters. The third-order valence-electron chi connectivity index (χ3n) is 3.78. The van der Waals surface area contributed by atoms with E-state index in [4.69, 9.17) is 0 Å². The summed E-state index contributed by atoms with van der Waals surface area (Å²) in [5, 5.41) is 9.30. The molecule has 94 valence electrons. The van der Waals surface area contributed by atoms with Crippen molar-refractivity contribution in [2.45, 2.75) is 39.5 Å². The van der Waals surface area contributed by atoms with Crippen LogP contribution in [0.3, 0.4) is 0 Å². The van der Waals surface area contributed by atoms with Gasteiger partial charge in [-0.25, -0.2) is 0 Å². The number of hydrogen-bond donors (Lipinski definition) is 1. The lowest BCUT2D eigenvalue weighted by Crippen LogP contribution is -2.35. The van der Waals surface area contributed by atoms with Gasteiger partial charge in [-0.2, -0.15) is 0 Å². The molecule has 0 aromatic carbocycles. The fraction of sp³-hybridized carbons (Fsp3) is 0.692. The smallest absolute Gasteiger partial charge is 0.306 e. The van der Waals surface area contributed by atoms with Gasteiger partial charge < -0.3 is 5.11 Å². The van der Waals surface area contributed by atoms with Crippen molar-refractivity contribution in [1.82, 2.24) is 4.98 Å². The highest BCUT2D eigenvalue weighted by atomic mass is 32.1. The molecule has 1 aromatic heterocycles. The highest BCUT2D eigenvalue weighted by molar-refractivity contribution is 7.09. The molecule has 2 rings (SSSR count). The Hall–Kier alpha value is -0.900. The summed E-state index contributed by atoms with van der Waals surface area (Å²) in [6.45, 7) is 4.48. The molecule has 4 heteroatoms. The van der Waals surface area contributed by atoms with Gasteiger partial charge in [-0.05, 0) is 37.0 Å². The highest BCUT2D eigenvalue weighted by Crippen LogP contribution is 2.43. The van der Waals surface area contributed by atoms with Gasteiger partial charge in [-0.15, -0.1) is 11.3 Å². The number of aliphatic carboxylic acids is 1. The van der Waals surface area contributed by atoms with Crippen LogP contribution in [-0.4, -0.2) is 16.1 Å². The van der Waals surface area contributed by atoms with E-state index in [1.807, 2.05) is 11.7 Å². The van der Waals surface area contributed by atoms with Gasteiger partial charge >= 0.3 is 5.97 Å². The van der Waals surface area contributed by atoms with Crippen molar-refractivity contribution in [2.75, 3.05) is 0 Å². The standard InChI is InChI=1S/C13H19NO2S/c1-13(2)4-3-11(12(15)16)9(6-13)5-10-7-14-8-17-10/h7-9,11H,3-6H2,1-2H3,(H,15,16). The first kappa shape index (κ1) is 12.6. The Morgan fingerprint density at radius 1 is 1.65 bits per heavy atom. The van der Waals surface area contributed by atoms with E-state index in [9.17, 15) is 9.90 Å². The van der Waals surface area contributed by atoms with Crippen LogP contribution < -0.4 is 0 Å². The Bertz CT molecular complexity index is 386. The van der Waals surface area contributed by atoms with Crippen LogP contribution in [0.4, 0.5) is 0 Å². The van der Waals surface area contributed by atoms with Crippen LogP contribution in [0.25, 0.3) is 0 Å². The molecule has 1 N–H and O–H groups in total. The van der Waals surface area contributed by atoms with E-state index < -0.39 is 5.97 Å².